The van der Waals surface area contributed by atoms with E-state index in [-0.39, 0.29) is 16.5 Å². The number of aromatic nitrogens is 2. The van der Waals surface area contributed by atoms with Crippen molar-refractivity contribution in [3.8, 4) is 0 Å². The van der Waals surface area contributed by atoms with Gasteiger partial charge in [0.2, 0.25) is 0 Å². The number of nitrogens with two attached hydrogens (primary N) is 1. The van der Waals surface area contributed by atoms with E-state index in [1.807, 2.05) is 24.3 Å². The van der Waals surface area contributed by atoms with Crippen LogP contribution in [0.1, 0.15) is 10.5 Å². The largest absolute Gasteiger partial charge is 0.384 e. The lowest BCUT2D eigenvalue weighted by Crippen LogP contribution is -2.14. The zero-order valence-electron chi connectivity index (χ0n) is 10.1. The summed E-state index contributed by atoms with van der Waals surface area (Å²) in [5, 5.41) is 3.43. The zero-order chi connectivity index (χ0) is 14.1. The van der Waals surface area contributed by atoms with Gasteiger partial charge in [0, 0.05) is 0 Å². The molecule has 2 heterocycles. The maximum atomic E-state index is 12.1. The Morgan fingerprint density at radius 3 is 2.80 bits per heavy atom. The molecular weight excluding hydrogens is 296 g/mol. The highest BCUT2D eigenvalue weighted by Crippen LogP contribution is 2.26. The van der Waals surface area contributed by atoms with Crippen LogP contribution in [0.3, 0.4) is 0 Å². The van der Waals surface area contributed by atoms with Gasteiger partial charge in [-0.1, -0.05) is 35.1 Å². The number of carbonyl (C=O) groups is 1. The van der Waals surface area contributed by atoms with E-state index in [0.29, 0.717) is 5.13 Å². The summed E-state index contributed by atoms with van der Waals surface area (Å²) in [5.41, 5.74) is 6.48. The Bertz CT molecular complexity index is 769. The number of pyridine rings is 1. The number of carbonyl (C=O) groups excluding carboxylic acids is 1. The number of nitrogens with one attached hydrogen (secondary N) is 1. The minimum absolute atomic E-state index is 0.0888. The molecule has 0 aliphatic carbocycles. The lowest BCUT2D eigenvalue weighted by atomic mass is 10.3. The molecule has 0 saturated carbocycles. The summed E-state index contributed by atoms with van der Waals surface area (Å²) in [6, 6.07) is 10.7. The van der Waals surface area contributed by atoms with Gasteiger partial charge in [-0.05, 0) is 24.3 Å². The van der Waals surface area contributed by atoms with Gasteiger partial charge in [-0.3, -0.25) is 10.1 Å². The van der Waals surface area contributed by atoms with E-state index >= 15 is 0 Å². The highest BCUT2D eigenvalue weighted by Gasteiger charge is 2.14. The van der Waals surface area contributed by atoms with Crippen LogP contribution in [0, 0.1) is 0 Å². The zero-order valence-corrected chi connectivity index (χ0v) is 11.7. The van der Waals surface area contributed by atoms with Gasteiger partial charge in [-0.25, -0.2) is 9.97 Å². The SMILES string of the molecule is Nc1ccc(Cl)c(C(=O)Nc2nc3ccccc3s2)n1. The summed E-state index contributed by atoms with van der Waals surface area (Å²) in [6.07, 6.45) is 0. The van der Waals surface area contributed by atoms with Crippen LogP contribution in [0.4, 0.5) is 10.9 Å². The highest BCUT2D eigenvalue weighted by atomic mass is 35.5. The van der Waals surface area contributed by atoms with Crippen LogP contribution in [0.5, 0.6) is 0 Å². The number of benzene rings is 1. The fourth-order valence-corrected chi connectivity index (χ4v) is 2.75. The van der Waals surface area contributed by atoms with Crippen molar-refractivity contribution in [2.24, 2.45) is 0 Å². The van der Waals surface area contributed by atoms with Crippen molar-refractivity contribution >= 4 is 50.0 Å². The molecule has 100 valence electrons. The summed E-state index contributed by atoms with van der Waals surface area (Å²) in [4.78, 5) is 20.4. The van der Waals surface area contributed by atoms with Crippen molar-refractivity contribution in [1.29, 1.82) is 0 Å². The molecule has 20 heavy (non-hydrogen) atoms. The number of anilines is 2. The fourth-order valence-electron chi connectivity index (χ4n) is 1.70. The van der Waals surface area contributed by atoms with Crippen LogP contribution in [0.15, 0.2) is 36.4 Å². The first-order chi connectivity index (χ1) is 9.63. The number of halogens is 1. The van der Waals surface area contributed by atoms with Crippen LogP contribution in [-0.2, 0) is 0 Å². The molecule has 0 radical (unpaired) electrons. The Hall–Kier alpha value is -2.18. The standard InChI is InChI=1S/C13H9ClN4OS/c14-7-5-6-10(15)17-11(7)12(19)18-13-16-8-3-1-2-4-9(8)20-13/h1-6H,(H2,15,17)(H,16,18,19). The average molecular weight is 305 g/mol. The van der Waals surface area contributed by atoms with Crippen LogP contribution < -0.4 is 11.1 Å². The Kier molecular flexibility index (Phi) is 3.25. The van der Waals surface area contributed by atoms with Gasteiger partial charge in [0.05, 0.1) is 15.2 Å². The van der Waals surface area contributed by atoms with Gasteiger partial charge >= 0.3 is 0 Å². The third-order valence-electron chi connectivity index (χ3n) is 2.60. The number of nitrogen functional groups attached to an aromatic ring is 1. The van der Waals surface area contributed by atoms with E-state index in [2.05, 4.69) is 15.3 Å². The van der Waals surface area contributed by atoms with Crippen LogP contribution in [0.25, 0.3) is 10.2 Å². The molecule has 7 heteroatoms. The van der Waals surface area contributed by atoms with E-state index in [4.69, 9.17) is 17.3 Å². The summed E-state index contributed by atoms with van der Waals surface area (Å²) < 4.78 is 0.995. The number of hydrogen-bond acceptors (Lipinski definition) is 5. The van der Waals surface area contributed by atoms with Crippen LogP contribution >= 0.6 is 22.9 Å². The van der Waals surface area contributed by atoms with Gasteiger partial charge < -0.3 is 5.73 Å². The summed E-state index contributed by atoms with van der Waals surface area (Å²) in [5.74, 6) is -0.190. The second-order valence-corrected chi connectivity index (χ2v) is 5.45. The van der Waals surface area contributed by atoms with Gasteiger partial charge in [0.15, 0.2) is 5.13 Å². The Labute approximate surface area is 123 Å². The quantitative estimate of drug-likeness (QED) is 0.762. The molecule has 0 fully saturated rings. The molecule has 0 atom stereocenters. The molecule has 0 unspecified atom stereocenters. The second-order valence-electron chi connectivity index (χ2n) is 4.01. The monoisotopic (exact) mass is 304 g/mol. The number of amides is 1. The molecule has 0 saturated heterocycles. The topological polar surface area (TPSA) is 80.9 Å². The smallest absolute Gasteiger partial charge is 0.277 e. The van der Waals surface area contributed by atoms with Crippen LogP contribution in [0.2, 0.25) is 5.02 Å². The van der Waals surface area contributed by atoms with Gasteiger partial charge in [0.1, 0.15) is 11.5 Å². The van der Waals surface area contributed by atoms with E-state index < -0.39 is 5.91 Å². The number of nitrogens with zero attached hydrogens (tertiary/aromatic N) is 2. The van der Waals surface area contributed by atoms with Gasteiger partial charge in [-0.2, -0.15) is 0 Å². The number of fused-ring (bicyclic) bond motifs is 1. The predicted molar refractivity (Wildman–Crippen MR) is 81.2 cm³/mol. The van der Waals surface area contributed by atoms with Gasteiger partial charge in [-0.15, -0.1) is 0 Å². The first-order valence-electron chi connectivity index (χ1n) is 5.72. The molecule has 1 amide bonds. The summed E-state index contributed by atoms with van der Waals surface area (Å²) >= 11 is 7.33. The van der Waals surface area contributed by atoms with E-state index in [1.54, 1.807) is 0 Å². The van der Waals surface area contributed by atoms with E-state index in [1.165, 1.54) is 23.5 Å². The van der Waals surface area contributed by atoms with Crippen molar-refractivity contribution in [3.05, 3.63) is 47.1 Å². The molecule has 3 N–H and O–H groups in total. The maximum absolute atomic E-state index is 12.1. The molecule has 5 nitrogen and oxygen atoms in total. The second kappa shape index (κ2) is 5.07. The predicted octanol–water partition coefficient (Wildman–Crippen LogP) is 3.18. The van der Waals surface area contributed by atoms with Crippen LogP contribution in [-0.4, -0.2) is 15.9 Å². The molecule has 3 aromatic rings. The van der Waals surface area contributed by atoms with E-state index in [9.17, 15) is 4.79 Å². The number of hydrogen-bond donors (Lipinski definition) is 2. The average Bonchev–Trinajstić information content (AvgIpc) is 2.83. The number of thiazole rings is 1. The van der Waals surface area contributed by atoms with Crippen molar-refractivity contribution in [2.45, 2.75) is 0 Å². The summed E-state index contributed by atoms with van der Waals surface area (Å²) in [7, 11) is 0. The van der Waals surface area contributed by atoms with Crippen molar-refractivity contribution < 1.29 is 4.79 Å². The minimum atomic E-state index is -0.429. The first-order valence-corrected chi connectivity index (χ1v) is 6.92. The van der Waals surface area contributed by atoms with Crippen molar-refractivity contribution in [2.75, 3.05) is 11.1 Å². The molecular formula is C13H9ClN4OS. The lowest BCUT2D eigenvalue weighted by molar-refractivity contribution is 0.102. The minimum Gasteiger partial charge on any atom is -0.384 e. The third kappa shape index (κ3) is 2.43. The molecule has 0 aliphatic rings. The Morgan fingerprint density at radius 2 is 2.00 bits per heavy atom. The number of para-hydroxylation sites is 1. The molecule has 2 aromatic heterocycles. The van der Waals surface area contributed by atoms with Crippen molar-refractivity contribution in [3.63, 3.8) is 0 Å². The molecule has 0 aliphatic heterocycles. The Morgan fingerprint density at radius 1 is 1.20 bits per heavy atom. The normalized spacial score (nSPS) is 10.7. The number of rotatable bonds is 2. The molecule has 0 spiro atoms. The van der Waals surface area contributed by atoms with Crippen molar-refractivity contribution in [1.82, 2.24) is 9.97 Å². The Balaban J connectivity index is 1.90. The highest BCUT2D eigenvalue weighted by molar-refractivity contribution is 7.22. The summed E-state index contributed by atoms with van der Waals surface area (Å²) in [6.45, 7) is 0. The van der Waals surface area contributed by atoms with Gasteiger partial charge in [0.25, 0.3) is 5.91 Å². The first kappa shape index (κ1) is 12.8. The maximum Gasteiger partial charge on any atom is 0.277 e. The third-order valence-corrected chi connectivity index (χ3v) is 3.85. The molecule has 1 aromatic carbocycles. The molecule has 0 bridgehead atoms. The fraction of sp³-hybridized carbons (Fsp3) is 0. The lowest BCUT2D eigenvalue weighted by Gasteiger charge is -2.03. The van der Waals surface area contributed by atoms with E-state index in [0.717, 1.165) is 10.2 Å². The molecule has 3 rings (SSSR count).